The normalized spacial score (nSPS) is 20.2. The number of benzene rings is 1. The number of imidazole rings is 1. The quantitative estimate of drug-likeness (QED) is 0.465. The maximum Gasteiger partial charge on any atom is 0.415 e. The monoisotopic (exact) mass is 428 g/mol. The number of halogens is 2. The van der Waals surface area contributed by atoms with E-state index in [0.29, 0.717) is 37.4 Å². The van der Waals surface area contributed by atoms with Crippen LogP contribution in [0.15, 0.2) is 30.6 Å². The molecular weight excluding hydrogens is 410 g/mol. The molecule has 0 unspecified atom stereocenters. The Balaban J connectivity index is 1.28. The molecule has 5 rings (SSSR count). The van der Waals surface area contributed by atoms with E-state index in [-0.39, 0.29) is 11.8 Å². The molecule has 2 aliphatic heterocycles. The number of nitrogens with zero attached hydrogens (tertiary/aromatic N) is 6. The second-order valence-corrected chi connectivity index (χ2v) is 8.07. The van der Waals surface area contributed by atoms with Crippen molar-refractivity contribution < 1.29 is 18.4 Å². The summed E-state index contributed by atoms with van der Waals surface area (Å²) >= 11 is 0. The summed E-state index contributed by atoms with van der Waals surface area (Å²) in [7, 11) is 0. The third-order valence-electron chi connectivity index (χ3n) is 5.51. The molecule has 1 atom stereocenters. The first-order valence-electron chi connectivity index (χ1n) is 9.73. The van der Waals surface area contributed by atoms with Gasteiger partial charge in [-0.1, -0.05) is 0 Å². The van der Waals surface area contributed by atoms with Gasteiger partial charge in [0.15, 0.2) is 17.5 Å². The Kier molecular flexibility index (Phi) is 4.43. The molecule has 0 amide bonds. The molecular formula is C20H18F2N6O3. The van der Waals surface area contributed by atoms with Gasteiger partial charge in [0.2, 0.25) is 0 Å². The number of nitro groups is 1. The van der Waals surface area contributed by atoms with E-state index in [1.165, 1.54) is 12.3 Å². The highest BCUT2D eigenvalue weighted by molar-refractivity contribution is 5.55. The predicted molar refractivity (Wildman–Crippen MR) is 104 cm³/mol. The zero-order chi connectivity index (χ0) is 21.8. The minimum atomic E-state index is -0.930. The lowest BCUT2D eigenvalue weighted by atomic mass is 10.0. The highest BCUT2D eigenvalue weighted by Crippen LogP contribution is 2.32. The van der Waals surface area contributed by atoms with Gasteiger partial charge in [-0.15, -0.1) is 0 Å². The third-order valence-corrected chi connectivity index (χ3v) is 5.51. The number of hydrogen-bond donors (Lipinski definition) is 0. The van der Waals surface area contributed by atoms with E-state index in [1.54, 1.807) is 10.8 Å². The summed E-state index contributed by atoms with van der Waals surface area (Å²) < 4.78 is 34.3. The summed E-state index contributed by atoms with van der Waals surface area (Å²) in [5, 5.41) is 10.9. The van der Waals surface area contributed by atoms with E-state index >= 15 is 0 Å². The summed E-state index contributed by atoms with van der Waals surface area (Å²) in [6.45, 7) is 4.38. The molecule has 2 aliphatic rings. The van der Waals surface area contributed by atoms with Gasteiger partial charge in [0.1, 0.15) is 11.8 Å². The molecule has 11 heteroatoms. The first kappa shape index (κ1) is 19.5. The van der Waals surface area contributed by atoms with Crippen molar-refractivity contribution in [1.82, 2.24) is 24.4 Å². The van der Waals surface area contributed by atoms with Crippen LogP contribution in [0.4, 0.5) is 14.6 Å². The van der Waals surface area contributed by atoms with Crippen LogP contribution < -0.4 is 4.74 Å². The Morgan fingerprint density at radius 2 is 2.13 bits per heavy atom. The molecule has 0 aliphatic carbocycles. The van der Waals surface area contributed by atoms with Gasteiger partial charge >= 0.3 is 11.8 Å². The van der Waals surface area contributed by atoms with Crippen molar-refractivity contribution >= 4 is 5.82 Å². The van der Waals surface area contributed by atoms with Gasteiger partial charge in [-0.05, 0) is 30.0 Å². The number of ether oxygens (including phenoxy) is 1. The zero-order valence-corrected chi connectivity index (χ0v) is 16.6. The molecule has 0 bridgehead atoms. The molecule has 2 aromatic heterocycles. The van der Waals surface area contributed by atoms with E-state index in [9.17, 15) is 18.9 Å². The van der Waals surface area contributed by atoms with Crippen molar-refractivity contribution in [3.63, 3.8) is 0 Å². The van der Waals surface area contributed by atoms with Gasteiger partial charge < -0.3 is 14.9 Å². The van der Waals surface area contributed by atoms with Gasteiger partial charge in [0.25, 0.3) is 0 Å². The fourth-order valence-electron chi connectivity index (χ4n) is 4.12. The van der Waals surface area contributed by atoms with Gasteiger partial charge in [-0.25, -0.2) is 18.7 Å². The summed E-state index contributed by atoms with van der Waals surface area (Å²) in [5.41, 5.74) is 1.72. The van der Waals surface area contributed by atoms with Crippen LogP contribution in [-0.4, -0.2) is 48.0 Å². The van der Waals surface area contributed by atoms with Gasteiger partial charge in [0.05, 0.1) is 12.2 Å². The molecule has 3 aromatic rings. The minimum Gasteiger partial charge on any atom is -0.436 e. The molecule has 9 nitrogen and oxygen atoms in total. The summed E-state index contributed by atoms with van der Waals surface area (Å²) in [6, 6.07) is 3.88. The molecule has 1 aromatic carbocycles. The number of fused-ring (bicyclic) bond motifs is 2. The third kappa shape index (κ3) is 3.61. The van der Waals surface area contributed by atoms with Crippen LogP contribution in [-0.2, 0) is 19.5 Å². The van der Waals surface area contributed by atoms with Crippen molar-refractivity contribution in [2.75, 3.05) is 13.1 Å². The van der Waals surface area contributed by atoms with Crippen LogP contribution >= 0.6 is 0 Å². The highest BCUT2D eigenvalue weighted by Gasteiger charge is 2.41. The van der Waals surface area contributed by atoms with Crippen LogP contribution in [0.25, 0.3) is 11.4 Å². The molecule has 0 N–H and O–H groups in total. The maximum absolute atomic E-state index is 13.5. The lowest BCUT2D eigenvalue weighted by Crippen LogP contribution is -2.46. The molecule has 4 heterocycles. The zero-order valence-electron chi connectivity index (χ0n) is 16.6. The predicted octanol–water partition coefficient (Wildman–Crippen LogP) is 2.74. The van der Waals surface area contributed by atoms with E-state index in [2.05, 4.69) is 19.9 Å². The largest absolute Gasteiger partial charge is 0.436 e. The van der Waals surface area contributed by atoms with E-state index < -0.39 is 22.2 Å². The lowest BCUT2D eigenvalue weighted by molar-refractivity contribution is -0.389. The lowest BCUT2D eigenvalue weighted by Gasteiger charge is -2.33. The second-order valence-electron chi connectivity index (χ2n) is 8.07. The highest BCUT2D eigenvalue weighted by atomic mass is 19.2. The Bertz CT molecular complexity index is 1170. The first-order valence-corrected chi connectivity index (χ1v) is 9.73. The Hall–Kier alpha value is -3.47. The second kappa shape index (κ2) is 7.05. The SMILES string of the molecule is C[C@]1(CN2CCc3nc(-c4ccc(F)c(F)c4)ncc3C2)Cn2cc([N+](=O)[O-])nc2O1. The van der Waals surface area contributed by atoms with Gasteiger partial charge in [0, 0.05) is 48.4 Å². The van der Waals surface area contributed by atoms with Crippen molar-refractivity contribution in [2.45, 2.75) is 32.0 Å². The molecule has 0 fully saturated rings. The smallest absolute Gasteiger partial charge is 0.415 e. The Labute approximate surface area is 175 Å². The Morgan fingerprint density at radius 3 is 2.87 bits per heavy atom. The van der Waals surface area contributed by atoms with Crippen LogP contribution in [0, 0.1) is 21.7 Å². The van der Waals surface area contributed by atoms with Crippen LogP contribution in [0.2, 0.25) is 0 Å². The topological polar surface area (TPSA) is 99.2 Å². The van der Waals surface area contributed by atoms with Crippen molar-refractivity contribution in [1.29, 1.82) is 0 Å². The molecule has 31 heavy (non-hydrogen) atoms. The standard InChI is InChI=1S/C20H18F2N6O3/c1-20(11-27-9-17(28(29)30)25-19(27)31-20)10-26-5-4-16-13(8-26)7-23-18(24-16)12-2-3-14(21)15(22)6-12/h2-3,6-7,9H,4-5,8,10-11H2,1H3/t20-/m0/s1. The first-order chi connectivity index (χ1) is 14.8. The summed E-state index contributed by atoms with van der Waals surface area (Å²) in [5.74, 6) is -1.70. The fraction of sp³-hybridized carbons (Fsp3) is 0.350. The average Bonchev–Trinajstić information content (AvgIpc) is 3.24. The van der Waals surface area contributed by atoms with Crippen molar-refractivity contribution in [3.05, 3.63) is 63.6 Å². The van der Waals surface area contributed by atoms with E-state index in [4.69, 9.17) is 4.74 Å². The Morgan fingerprint density at radius 1 is 1.29 bits per heavy atom. The molecule has 160 valence electrons. The molecule has 0 radical (unpaired) electrons. The summed E-state index contributed by atoms with van der Waals surface area (Å²) in [4.78, 5) is 25.3. The van der Waals surface area contributed by atoms with Crippen molar-refractivity contribution in [2.24, 2.45) is 0 Å². The van der Waals surface area contributed by atoms with E-state index in [0.717, 1.165) is 29.9 Å². The molecule has 0 spiro atoms. The molecule has 0 saturated carbocycles. The van der Waals surface area contributed by atoms with Gasteiger partial charge in [-0.2, -0.15) is 0 Å². The molecule has 0 saturated heterocycles. The number of hydrogen-bond acceptors (Lipinski definition) is 7. The van der Waals surface area contributed by atoms with Crippen LogP contribution in [0.3, 0.4) is 0 Å². The van der Waals surface area contributed by atoms with E-state index in [1.807, 2.05) is 6.92 Å². The summed E-state index contributed by atoms with van der Waals surface area (Å²) in [6.07, 6.45) is 3.79. The van der Waals surface area contributed by atoms with Crippen LogP contribution in [0.5, 0.6) is 6.01 Å². The fourth-order valence-corrected chi connectivity index (χ4v) is 4.12. The average molecular weight is 428 g/mol. The van der Waals surface area contributed by atoms with Crippen LogP contribution in [0.1, 0.15) is 18.2 Å². The minimum absolute atomic E-state index is 0.224. The van der Waals surface area contributed by atoms with Gasteiger partial charge in [-0.3, -0.25) is 9.47 Å². The van der Waals surface area contributed by atoms with Crippen molar-refractivity contribution in [3.8, 4) is 17.4 Å². The maximum atomic E-state index is 13.5. The number of rotatable bonds is 4. The number of aromatic nitrogens is 4.